The van der Waals surface area contributed by atoms with Crippen LogP contribution in [0.5, 0.6) is 0 Å². The molecule has 1 saturated heterocycles. The summed E-state index contributed by atoms with van der Waals surface area (Å²) in [6.45, 7) is -2.11. The molecule has 1 aliphatic heterocycles. The van der Waals surface area contributed by atoms with Gasteiger partial charge >= 0.3 is 11.7 Å². The van der Waals surface area contributed by atoms with Crippen molar-refractivity contribution in [3.05, 3.63) is 33.1 Å². The van der Waals surface area contributed by atoms with Crippen molar-refractivity contribution < 1.29 is 35.1 Å². The van der Waals surface area contributed by atoms with Crippen LogP contribution in [0.2, 0.25) is 0 Å². The lowest BCUT2D eigenvalue weighted by atomic mass is 9.85. The van der Waals surface area contributed by atoms with E-state index in [2.05, 4.69) is 0 Å². The molecular weight excluding hydrogens is 304 g/mol. The molecule has 0 bridgehead atoms. The first-order chi connectivity index (χ1) is 10.2. The van der Waals surface area contributed by atoms with E-state index >= 15 is 0 Å². The van der Waals surface area contributed by atoms with Crippen LogP contribution in [0.1, 0.15) is 0 Å². The van der Waals surface area contributed by atoms with Crippen molar-refractivity contribution in [3.63, 3.8) is 0 Å². The highest BCUT2D eigenvalue weighted by molar-refractivity contribution is 5.80. The minimum atomic E-state index is -3.14. The smallest absolute Gasteiger partial charge is 0.343 e. The Morgan fingerprint density at radius 1 is 1.41 bits per heavy atom. The maximum Gasteiger partial charge on any atom is 0.343 e. The largest absolute Gasteiger partial charge is 0.479 e. The van der Waals surface area contributed by atoms with Crippen LogP contribution in [0.15, 0.2) is 21.9 Å². The van der Waals surface area contributed by atoms with Crippen molar-refractivity contribution in [1.29, 1.82) is 0 Å². The number of ether oxygens (including phenoxy) is 1. The Hall–Kier alpha value is -2.05. The van der Waals surface area contributed by atoms with E-state index in [0.717, 1.165) is 12.3 Å². The summed E-state index contributed by atoms with van der Waals surface area (Å²) in [5.74, 6) is -1.98. The summed E-state index contributed by atoms with van der Waals surface area (Å²) in [6.07, 6.45) is -2.91. The van der Waals surface area contributed by atoms with E-state index in [1.807, 2.05) is 4.98 Å². The first-order valence-corrected chi connectivity index (χ1v) is 6.10. The summed E-state index contributed by atoms with van der Waals surface area (Å²) in [7, 11) is 0. The molecular formula is C11H14N2O9. The van der Waals surface area contributed by atoms with Crippen molar-refractivity contribution >= 4 is 5.97 Å². The number of carbonyl (C=O) groups is 1. The summed E-state index contributed by atoms with van der Waals surface area (Å²) in [4.78, 5) is 36.2. The Kier molecular flexibility index (Phi) is 3.93. The third-order valence-electron chi connectivity index (χ3n) is 3.66. The van der Waals surface area contributed by atoms with Crippen LogP contribution in [0.3, 0.4) is 0 Å². The van der Waals surface area contributed by atoms with E-state index in [0.29, 0.717) is 4.57 Å². The quantitative estimate of drug-likeness (QED) is 0.320. The van der Waals surface area contributed by atoms with Crippen LogP contribution in [0, 0.1) is 0 Å². The van der Waals surface area contributed by atoms with Gasteiger partial charge in [-0.2, -0.15) is 0 Å². The predicted octanol–water partition coefficient (Wildman–Crippen LogP) is -4.25. The van der Waals surface area contributed by atoms with Crippen LogP contribution in [-0.2, 0) is 15.3 Å². The molecule has 11 nitrogen and oxygen atoms in total. The summed E-state index contributed by atoms with van der Waals surface area (Å²) in [5, 5.41) is 48.3. The number of rotatable bonds is 4. The molecule has 4 atom stereocenters. The van der Waals surface area contributed by atoms with Gasteiger partial charge in [0.1, 0.15) is 12.2 Å². The number of hydrogen-bond acceptors (Lipinski definition) is 8. The lowest BCUT2D eigenvalue weighted by molar-refractivity contribution is -0.227. The minimum absolute atomic E-state index is 0.446. The van der Waals surface area contributed by atoms with E-state index in [9.17, 15) is 34.8 Å². The Labute approximate surface area is 121 Å². The van der Waals surface area contributed by atoms with Gasteiger partial charge in [0, 0.05) is 12.3 Å². The van der Waals surface area contributed by atoms with Crippen molar-refractivity contribution in [3.8, 4) is 0 Å². The highest BCUT2D eigenvalue weighted by Crippen LogP contribution is 2.43. The van der Waals surface area contributed by atoms with Crippen LogP contribution >= 0.6 is 0 Å². The minimum Gasteiger partial charge on any atom is -0.479 e. The molecule has 1 fully saturated rings. The van der Waals surface area contributed by atoms with Crippen molar-refractivity contribution in [2.45, 2.75) is 23.5 Å². The fourth-order valence-electron chi connectivity index (χ4n) is 2.51. The predicted molar refractivity (Wildman–Crippen MR) is 66.9 cm³/mol. The van der Waals surface area contributed by atoms with Gasteiger partial charge in [-0.15, -0.1) is 0 Å². The van der Waals surface area contributed by atoms with Crippen LogP contribution < -0.4 is 11.2 Å². The monoisotopic (exact) mass is 318 g/mol. The van der Waals surface area contributed by atoms with Crippen LogP contribution in [-0.4, -0.2) is 72.1 Å². The first kappa shape index (κ1) is 16.3. The number of hydrogen-bond donors (Lipinski definition) is 6. The number of aliphatic hydroxyl groups is 4. The molecule has 0 unspecified atom stereocenters. The fraction of sp³-hybridized carbons (Fsp3) is 0.545. The Morgan fingerprint density at radius 3 is 2.50 bits per heavy atom. The average Bonchev–Trinajstić information content (AvgIpc) is 2.70. The van der Waals surface area contributed by atoms with Gasteiger partial charge in [0.05, 0.1) is 13.2 Å². The van der Waals surface area contributed by atoms with E-state index in [1.54, 1.807) is 0 Å². The van der Waals surface area contributed by atoms with E-state index < -0.39 is 54.0 Å². The summed E-state index contributed by atoms with van der Waals surface area (Å²) < 4.78 is 5.55. The third-order valence-corrected chi connectivity index (χ3v) is 3.66. The molecule has 0 amide bonds. The number of aromatic amines is 1. The maximum absolute atomic E-state index is 11.9. The maximum atomic E-state index is 11.9. The molecule has 2 rings (SSSR count). The third kappa shape index (κ3) is 1.91. The summed E-state index contributed by atoms with van der Waals surface area (Å²) in [6, 6.07) is 0.836. The molecule has 0 saturated carbocycles. The van der Waals surface area contributed by atoms with E-state index in [4.69, 9.17) is 9.84 Å². The van der Waals surface area contributed by atoms with Gasteiger partial charge in [0.2, 0.25) is 11.3 Å². The molecule has 6 N–H and O–H groups in total. The molecule has 122 valence electrons. The highest BCUT2D eigenvalue weighted by atomic mass is 16.6. The zero-order valence-electron chi connectivity index (χ0n) is 11.0. The summed E-state index contributed by atoms with van der Waals surface area (Å²) in [5.41, 5.74) is -7.75. The Morgan fingerprint density at radius 2 is 2.05 bits per heavy atom. The van der Waals surface area contributed by atoms with E-state index in [1.165, 1.54) is 0 Å². The van der Waals surface area contributed by atoms with Gasteiger partial charge in [-0.3, -0.25) is 14.3 Å². The van der Waals surface area contributed by atoms with Gasteiger partial charge in [-0.05, 0) is 0 Å². The second-order valence-corrected chi connectivity index (χ2v) is 4.78. The topological polar surface area (TPSA) is 182 Å². The van der Waals surface area contributed by atoms with Gasteiger partial charge in [-0.1, -0.05) is 0 Å². The van der Waals surface area contributed by atoms with Gasteiger partial charge in [0.15, 0.2) is 0 Å². The zero-order valence-corrected chi connectivity index (χ0v) is 11.0. The number of carboxylic acid groups (broad SMARTS) is 1. The standard InChI is InChI=1S/C11H14N2O9/c14-3-5-7(17)11(21,8(18)19)10(4-15,22-5)13-2-1-6(16)12-9(13)20/h1-2,5,7,14-15,17,21H,3-4H2,(H,18,19)(H,12,16,20)/t5-,7-,10-,11+/m1/s1. The van der Waals surface area contributed by atoms with Crippen LogP contribution in [0.4, 0.5) is 0 Å². The molecule has 0 spiro atoms. The Bertz CT molecular complexity index is 697. The second kappa shape index (κ2) is 5.30. The van der Waals surface area contributed by atoms with Crippen LogP contribution in [0.25, 0.3) is 0 Å². The lowest BCUT2D eigenvalue weighted by Crippen LogP contribution is -2.66. The van der Waals surface area contributed by atoms with Crippen molar-refractivity contribution in [2.24, 2.45) is 0 Å². The van der Waals surface area contributed by atoms with Crippen molar-refractivity contribution in [1.82, 2.24) is 9.55 Å². The molecule has 1 aliphatic rings. The SMILES string of the molecule is O=C(O)[C@@]1(O)[C@H](O)[C@@H](CO)O[C@@]1(CO)n1ccc(=O)[nH]c1=O. The number of aromatic nitrogens is 2. The van der Waals surface area contributed by atoms with E-state index in [-0.39, 0.29) is 0 Å². The Balaban J connectivity index is 2.77. The first-order valence-electron chi connectivity index (χ1n) is 6.10. The second-order valence-electron chi connectivity index (χ2n) is 4.78. The molecule has 22 heavy (non-hydrogen) atoms. The molecule has 0 aliphatic carbocycles. The lowest BCUT2D eigenvalue weighted by Gasteiger charge is -2.37. The number of carboxylic acids is 1. The van der Waals surface area contributed by atoms with Gasteiger partial charge < -0.3 is 30.3 Å². The average molecular weight is 318 g/mol. The summed E-state index contributed by atoms with van der Waals surface area (Å²) >= 11 is 0. The number of aliphatic hydroxyl groups excluding tert-OH is 3. The zero-order chi connectivity index (χ0) is 16.7. The molecule has 2 heterocycles. The van der Waals surface area contributed by atoms with Gasteiger partial charge in [-0.25, -0.2) is 9.59 Å². The van der Waals surface area contributed by atoms with Gasteiger partial charge in [0.25, 0.3) is 5.56 Å². The fourth-order valence-corrected chi connectivity index (χ4v) is 2.51. The highest BCUT2D eigenvalue weighted by Gasteiger charge is 2.71. The molecule has 1 aromatic heterocycles. The number of H-pyrrole nitrogens is 1. The number of aliphatic carboxylic acids is 1. The number of nitrogens with zero attached hydrogens (tertiary/aromatic N) is 1. The molecule has 1 aromatic rings. The molecule has 0 radical (unpaired) electrons. The normalized spacial score (nSPS) is 34.7. The number of nitrogens with one attached hydrogen (secondary N) is 1. The van der Waals surface area contributed by atoms with Crippen molar-refractivity contribution in [2.75, 3.05) is 13.2 Å². The molecule has 11 heteroatoms. The molecule has 0 aromatic carbocycles.